The molecular weight excluding hydrogens is 222 g/mol. The van der Waals surface area contributed by atoms with E-state index in [0.717, 1.165) is 0 Å². The second-order valence-corrected chi connectivity index (χ2v) is 3.19. The summed E-state index contributed by atoms with van der Waals surface area (Å²) in [6.07, 6.45) is 0. The number of benzene rings is 1. The first kappa shape index (κ1) is 11.5. The summed E-state index contributed by atoms with van der Waals surface area (Å²) in [4.78, 5) is 21.3. The highest BCUT2D eigenvalue weighted by atomic mass is 35.5. The molecular formula is C9H8ClNO4. The maximum Gasteiger partial charge on any atom is 0.302 e. The van der Waals surface area contributed by atoms with Gasteiger partial charge in [0.2, 0.25) is 0 Å². The average Bonchev–Trinajstić information content (AvgIpc) is 2.16. The fourth-order valence-corrected chi connectivity index (χ4v) is 1.46. The van der Waals surface area contributed by atoms with Crippen LogP contribution in [0.4, 0.5) is 5.69 Å². The van der Waals surface area contributed by atoms with Crippen LogP contribution in [0.5, 0.6) is 5.75 Å². The first-order valence-corrected chi connectivity index (χ1v) is 4.38. The summed E-state index contributed by atoms with van der Waals surface area (Å²) in [7, 11) is 1.33. The second-order valence-electron chi connectivity index (χ2n) is 2.79. The Morgan fingerprint density at radius 3 is 2.53 bits per heavy atom. The zero-order chi connectivity index (χ0) is 11.6. The van der Waals surface area contributed by atoms with Crippen LogP contribution in [-0.4, -0.2) is 17.8 Å². The van der Waals surface area contributed by atoms with Gasteiger partial charge in [0.1, 0.15) is 16.3 Å². The van der Waals surface area contributed by atoms with Gasteiger partial charge >= 0.3 is 5.69 Å². The third kappa shape index (κ3) is 2.07. The number of methoxy groups -OCH3 is 1. The van der Waals surface area contributed by atoms with E-state index in [0.29, 0.717) is 0 Å². The standard InChI is InChI=1S/C9H8ClNO4/c1-5(12)8-7(15-2)4-3-6(10)9(8)11(13)14/h3-4H,1-2H3. The minimum Gasteiger partial charge on any atom is -0.496 e. The van der Waals surface area contributed by atoms with E-state index >= 15 is 0 Å². The third-order valence-electron chi connectivity index (χ3n) is 1.85. The van der Waals surface area contributed by atoms with E-state index in [1.807, 2.05) is 0 Å². The number of ether oxygens (including phenoxy) is 1. The molecule has 0 unspecified atom stereocenters. The molecule has 0 saturated heterocycles. The van der Waals surface area contributed by atoms with Crippen molar-refractivity contribution >= 4 is 23.1 Å². The average molecular weight is 230 g/mol. The summed E-state index contributed by atoms with van der Waals surface area (Å²) < 4.78 is 4.87. The molecule has 0 fully saturated rings. The van der Waals surface area contributed by atoms with Crippen molar-refractivity contribution in [2.75, 3.05) is 7.11 Å². The number of nitro benzene ring substituents is 1. The number of rotatable bonds is 3. The predicted molar refractivity (Wildman–Crippen MR) is 54.7 cm³/mol. The fourth-order valence-electron chi connectivity index (χ4n) is 1.24. The summed E-state index contributed by atoms with van der Waals surface area (Å²) in [5.41, 5.74) is -0.515. The van der Waals surface area contributed by atoms with Crippen molar-refractivity contribution in [1.29, 1.82) is 0 Å². The Morgan fingerprint density at radius 1 is 1.53 bits per heavy atom. The van der Waals surface area contributed by atoms with E-state index in [2.05, 4.69) is 0 Å². The molecule has 0 aliphatic heterocycles. The van der Waals surface area contributed by atoms with E-state index < -0.39 is 16.4 Å². The van der Waals surface area contributed by atoms with Crippen LogP contribution in [0.1, 0.15) is 17.3 Å². The maximum absolute atomic E-state index is 11.3. The molecule has 0 spiro atoms. The summed E-state index contributed by atoms with van der Waals surface area (Å²) in [5.74, 6) is -0.306. The van der Waals surface area contributed by atoms with Crippen LogP contribution in [0.3, 0.4) is 0 Å². The van der Waals surface area contributed by atoms with Crippen molar-refractivity contribution in [3.05, 3.63) is 32.8 Å². The highest BCUT2D eigenvalue weighted by molar-refractivity contribution is 6.33. The van der Waals surface area contributed by atoms with Crippen LogP contribution < -0.4 is 4.74 Å². The number of carbonyl (C=O) groups excluding carboxylic acids is 1. The normalized spacial score (nSPS) is 9.80. The number of Topliss-reactive ketones (excluding diaryl/α,β-unsaturated/α-hetero) is 1. The lowest BCUT2D eigenvalue weighted by molar-refractivity contribution is -0.385. The number of carbonyl (C=O) groups is 1. The van der Waals surface area contributed by atoms with Gasteiger partial charge in [0.25, 0.3) is 0 Å². The molecule has 0 atom stereocenters. The molecule has 1 rings (SSSR count). The molecule has 5 nitrogen and oxygen atoms in total. The van der Waals surface area contributed by atoms with Crippen LogP contribution in [0.25, 0.3) is 0 Å². The maximum atomic E-state index is 11.3. The van der Waals surface area contributed by atoms with Gasteiger partial charge in [-0.3, -0.25) is 14.9 Å². The molecule has 0 heterocycles. The number of ketones is 1. The van der Waals surface area contributed by atoms with E-state index in [-0.39, 0.29) is 16.3 Å². The molecule has 6 heteroatoms. The van der Waals surface area contributed by atoms with E-state index in [1.165, 1.54) is 26.2 Å². The zero-order valence-corrected chi connectivity index (χ0v) is 8.87. The van der Waals surface area contributed by atoms with Crippen molar-refractivity contribution in [1.82, 2.24) is 0 Å². The van der Waals surface area contributed by atoms with Crippen LogP contribution in [0.15, 0.2) is 12.1 Å². The quantitative estimate of drug-likeness (QED) is 0.454. The van der Waals surface area contributed by atoms with Gasteiger partial charge in [0, 0.05) is 0 Å². The van der Waals surface area contributed by atoms with Crippen molar-refractivity contribution in [3.63, 3.8) is 0 Å². The predicted octanol–water partition coefficient (Wildman–Crippen LogP) is 2.46. The Morgan fingerprint density at radius 2 is 2.13 bits per heavy atom. The largest absolute Gasteiger partial charge is 0.496 e. The van der Waals surface area contributed by atoms with Gasteiger partial charge in [-0.2, -0.15) is 0 Å². The first-order valence-electron chi connectivity index (χ1n) is 4.00. The molecule has 1 aromatic carbocycles. The van der Waals surface area contributed by atoms with Crippen molar-refractivity contribution in [3.8, 4) is 5.75 Å². The molecule has 0 N–H and O–H groups in total. The molecule has 0 amide bonds. The summed E-state index contributed by atoms with van der Waals surface area (Å²) in [6, 6.07) is 2.75. The van der Waals surface area contributed by atoms with Crippen LogP contribution >= 0.6 is 11.6 Å². The smallest absolute Gasteiger partial charge is 0.302 e. The second kappa shape index (κ2) is 4.27. The molecule has 0 bridgehead atoms. The zero-order valence-electron chi connectivity index (χ0n) is 8.11. The minimum absolute atomic E-state index is 0.0778. The topological polar surface area (TPSA) is 69.4 Å². The monoisotopic (exact) mass is 229 g/mol. The van der Waals surface area contributed by atoms with Crippen molar-refractivity contribution in [2.45, 2.75) is 6.92 Å². The highest BCUT2D eigenvalue weighted by Gasteiger charge is 2.25. The van der Waals surface area contributed by atoms with Gasteiger partial charge in [0.15, 0.2) is 5.78 Å². The Hall–Kier alpha value is -1.62. The SMILES string of the molecule is COc1ccc(Cl)c([N+](=O)[O-])c1C(C)=O. The summed E-state index contributed by atoms with van der Waals surface area (Å²) in [5, 5.41) is 10.7. The Bertz CT molecular complexity index is 430. The minimum atomic E-state index is -0.693. The Balaban J connectivity index is 3.58. The van der Waals surface area contributed by atoms with Gasteiger partial charge in [-0.1, -0.05) is 11.6 Å². The van der Waals surface area contributed by atoms with E-state index in [9.17, 15) is 14.9 Å². The number of hydrogen-bond acceptors (Lipinski definition) is 4. The van der Waals surface area contributed by atoms with E-state index in [1.54, 1.807) is 0 Å². The summed E-state index contributed by atoms with van der Waals surface area (Å²) >= 11 is 5.65. The van der Waals surface area contributed by atoms with Crippen molar-refractivity contribution < 1.29 is 14.5 Å². The van der Waals surface area contributed by atoms with Crippen molar-refractivity contribution in [2.24, 2.45) is 0 Å². The van der Waals surface area contributed by atoms with Crippen LogP contribution in [0, 0.1) is 10.1 Å². The van der Waals surface area contributed by atoms with Gasteiger partial charge in [-0.25, -0.2) is 0 Å². The lowest BCUT2D eigenvalue weighted by atomic mass is 10.1. The summed E-state index contributed by atoms with van der Waals surface area (Å²) in [6.45, 7) is 1.22. The molecule has 0 aliphatic rings. The fraction of sp³-hybridized carbons (Fsp3) is 0.222. The lowest BCUT2D eigenvalue weighted by Gasteiger charge is -2.06. The van der Waals surface area contributed by atoms with Gasteiger partial charge in [0.05, 0.1) is 12.0 Å². The van der Waals surface area contributed by atoms with Gasteiger partial charge in [-0.05, 0) is 19.1 Å². The molecule has 80 valence electrons. The molecule has 1 aromatic rings. The van der Waals surface area contributed by atoms with Crippen LogP contribution in [-0.2, 0) is 0 Å². The Kier molecular flexibility index (Phi) is 3.26. The first-order chi connectivity index (χ1) is 6.99. The third-order valence-corrected chi connectivity index (χ3v) is 2.15. The van der Waals surface area contributed by atoms with E-state index in [4.69, 9.17) is 16.3 Å². The lowest BCUT2D eigenvalue weighted by Crippen LogP contribution is -2.03. The van der Waals surface area contributed by atoms with Gasteiger partial charge in [-0.15, -0.1) is 0 Å². The number of nitrogens with zero attached hydrogens (tertiary/aromatic N) is 1. The Labute approximate surface area is 90.8 Å². The molecule has 0 aromatic heterocycles. The molecule has 0 saturated carbocycles. The highest BCUT2D eigenvalue weighted by Crippen LogP contribution is 2.35. The van der Waals surface area contributed by atoms with Crippen LogP contribution in [0.2, 0.25) is 5.02 Å². The number of halogens is 1. The molecule has 15 heavy (non-hydrogen) atoms. The molecule has 0 radical (unpaired) electrons. The van der Waals surface area contributed by atoms with Gasteiger partial charge < -0.3 is 4.74 Å². The number of nitro groups is 1. The molecule has 0 aliphatic carbocycles. The number of hydrogen-bond donors (Lipinski definition) is 0.